The second kappa shape index (κ2) is 7.09. The maximum absolute atomic E-state index is 11.9. The van der Waals surface area contributed by atoms with E-state index in [4.69, 9.17) is 0 Å². The summed E-state index contributed by atoms with van der Waals surface area (Å²) in [6.45, 7) is 6.00. The van der Waals surface area contributed by atoms with Crippen molar-refractivity contribution in [3.63, 3.8) is 0 Å². The molecule has 0 aliphatic heterocycles. The number of nitrogens with one attached hydrogen (secondary N) is 1. The highest BCUT2D eigenvalue weighted by Gasteiger charge is 2.11. The van der Waals surface area contributed by atoms with Crippen molar-refractivity contribution in [3.8, 4) is 0 Å². The van der Waals surface area contributed by atoms with Crippen LogP contribution in [0.15, 0.2) is 18.3 Å². The number of carbonyl (C=O) groups is 1. The van der Waals surface area contributed by atoms with E-state index in [9.17, 15) is 4.79 Å². The third-order valence-corrected chi connectivity index (χ3v) is 2.61. The van der Waals surface area contributed by atoms with Crippen molar-refractivity contribution >= 4 is 5.91 Å². The molecule has 0 saturated carbocycles. The molecule has 0 aliphatic rings. The molecule has 1 aromatic heterocycles. The largest absolute Gasteiger partial charge is 0.365 e. The highest BCUT2D eigenvalue weighted by molar-refractivity contribution is 5.76. The van der Waals surface area contributed by atoms with E-state index in [0.29, 0.717) is 6.42 Å². The molecule has 0 spiro atoms. The molecule has 0 aromatic carbocycles. The molecule has 1 rings (SSSR count). The molecule has 1 N–H and O–H groups in total. The van der Waals surface area contributed by atoms with Gasteiger partial charge in [0.2, 0.25) is 5.91 Å². The van der Waals surface area contributed by atoms with Crippen molar-refractivity contribution in [2.24, 2.45) is 0 Å². The van der Waals surface area contributed by atoms with E-state index in [1.807, 2.05) is 23.2 Å². The summed E-state index contributed by atoms with van der Waals surface area (Å²) in [6, 6.07) is 3.99. The molecule has 3 heteroatoms. The standard InChI is InChI=1S/C13H22N2O/c1-3-10-15(11-4-2)13(16)8-7-12-6-5-9-14-12/h5-6,9,14H,3-4,7-8,10-11H2,1-2H3. The molecular weight excluding hydrogens is 200 g/mol. The first-order valence-electron chi connectivity index (χ1n) is 6.18. The van der Waals surface area contributed by atoms with Crippen LogP contribution >= 0.6 is 0 Å². The molecule has 0 aliphatic carbocycles. The Balaban J connectivity index is 2.36. The van der Waals surface area contributed by atoms with Crippen LogP contribution in [0, 0.1) is 0 Å². The molecular formula is C13H22N2O. The van der Waals surface area contributed by atoms with Gasteiger partial charge in [0.1, 0.15) is 0 Å². The normalized spacial score (nSPS) is 10.4. The zero-order valence-electron chi connectivity index (χ0n) is 10.3. The average Bonchev–Trinajstić information content (AvgIpc) is 2.78. The Morgan fingerprint density at radius 3 is 2.50 bits per heavy atom. The summed E-state index contributed by atoms with van der Waals surface area (Å²) in [6.07, 6.45) is 5.40. The number of aromatic amines is 1. The summed E-state index contributed by atoms with van der Waals surface area (Å²) in [5.41, 5.74) is 1.14. The fraction of sp³-hybridized carbons (Fsp3) is 0.615. The van der Waals surface area contributed by atoms with Crippen LogP contribution in [-0.4, -0.2) is 28.9 Å². The smallest absolute Gasteiger partial charge is 0.222 e. The lowest BCUT2D eigenvalue weighted by Gasteiger charge is -2.21. The number of aryl methyl sites for hydroxylation is 1. The van der Waals surface area contributed by atoms with Crippen molar-refractivity contribution in [3.05, 3.63) is 24.0 Å². The van der Waals surface area contributed by atoms with E-state index >= 15 is 0 Å². The van der Waals surface area contributed by atoms with Gasteiger partial charge in [-0.15, -0.1) is 0 Å². The Morgan fingerprint density at radius 1 is 1.31 bits per heavy atom. The van der Waals surface area contributed by atoms with Crippen LogP contribution in [0.4, 0.5) is 0 Å². The van der Waals surface area contributed by atoms with E-state index in [0.717, 1.165) is 38.0 Å². The number of rotatable bonds is 7. The predicted molar refractivity (Wildman–Crippen MR) is 66.3 cm³/mol. The van der Waals surface area contributed by atoms with Crippen LogP contribution < -0.4 is 0 Å². The number of hydrogen-bond acceptors (Lipinski definition) is 1. The van der Waals surface area contributed by atoms with Crippen LogP contribution in [0.25, 0.3) is 0 Å². The predicted octanol–water partition coefficient (Wildman–Crippen LogP) is 2.60. The van der Waals surface area contributed by atoms with Gasteiger partial charge in [0.15, 0.2) is 0 Å². The van der Waals surface area contributed by atoms with Crippen LogP contribution in [0.1, 0.15) is 38.8 Å². The van der Waals surface area contributed by atoms with Crippen LogP contribution in [0.3, 0.4) is 0 Å². The minimum Gasteiger partial charge on any atom is -0.365 e. The van der Waals surface area contributed by atoms with Gasteiger partial charge >= 0.3 is 0 Å². The van der Waals surface area contributed by atoms with E-state index in [-0.39, 0.29) is 5.91 Å². The zero-order valence-corrected chi connectivity index (χ0v) is 10.3. The van der Waals surface area contributed by atoms with Crippen molar-refractivity contribution in [2.45, 2.75) is 39.5 Å². The van der Waals surface area contributed by atoms with Crippen LogP contribution in [0.2, 0.25) is 0 Å². The minimum absolute atomic E-state index is 0.276. The Hall–Kier alpha value is -1.25. The molecule has 0 unspecified atom stereocenters. The van der Waals surface area contributed by atoms with Gasteiger partial charge in [0.05, 0.1) is 0 Å². The number of carbonyl (C=O) groups excluding carboxylic acids is 1. The van der Waals surface area contributed by atoms with Gasteiger partial charge in [0, 0.05) is 31.4 Å². The molecule has 0 saturated heterocycles. The molecule has 0 atom stereocenters. The molecule has 0 radical (unpaired) electrons. The second-order valence-electron chi connectivity index (χ2n) is 4.08. The monoisotopic (exact) mass is 222 g/mol. The number of H-pyrrole nitrogens is 1. The average molecular weight is 222 g/mol. The zero-order chi connectivity index (χ0) is 11.8. The summed E-state index contributed by atoms with van der Waals surface area (Å²) in [4.78, 5) is 17.0. The number of amides is 1. The molecule has 0 fully saturated rings. The highest BCUT2D eigenvalue weighted by Crippen LogP contribution is 2.04. The second-order valence-corrected chi connectivity index (χ2v) is 4.08. The Morgan fingerprint density at radius 2 is 2.00 bits per heavy atom. The summed E-state index contributed by atoms with van der Waals surface area (Å²) >= 11 is 0. The van der Waals surface area contributed by atoms with E-state index in [2.05, 4.69) is 18.8 Å². The van der Waals surface area contributed by atoms with Gasteiger partial charge < -0.3 is 9.88 Å². The number of aromatic nitrogens is 1. The Kier molecular flexibility index (Phi) is 5.68. The van der Waals surface area contributed by atoms with Crippen LogP contribution in [0.5, 0.6) is 0 Å². The first-order valence-corrected chi connectivity index (χ1v) is 6.18. The summed E-state index contributed by atoms with van der Waals surface area (Å²) in [7, 11) is 0. The summed E-state index contributed by atoms with van der Waals surface area (Å²) < 4.78 is 0. The first kappa shape index (κ1) is 12.8. The van der Waals surface area contributed by atoms with Gasteiger partial charge in [0.25, 0.3) is 0 Å². The molecule has 16 heavy (non-hydrogen) atoms. The fourth-order valence-electron chi connectivity index (χ4n) is 1.82. The highest BCUT2D eigenvalue weighted by atomic mass is 16.2. The van der Waals surface area contributed by atoms with Gasteiger partial charge in [-0.1, -0.05) is 13.8 Å². The van der Waals surface area contributed by atoms with E-state index in [1.54, 1.807) is 0 Å². The van der Waals surface area contributed by atoms with Gasteiger partial charge in [-0.2, -0.15) is 0 Å². The van der Waals surface area contributed by atoms with Crippen molar-refractivity contribution in [2.75, 3.05) is 13.1 Å². The quantitative estimate of drug-likeness (QED) is 0.756. The number of nitrogens with zero attached hydrogens (tertiary/aromatic N) is 1. The molecule has 3 nitrogen and oxygen atoms in total. The maximum Gasteiger partial charge on any atom is 0.222 e. The lowest BCUT2D eigenvalue weighted by molar-refractivity contribution is -0.131. The lowest BCUT2D eigenvalue weighted by atomic mass is 10.2. The summed E-state index contributed by atoms with van der Waals surface area (Å²) in [5.74, 6) is 0.276. The Bertz CT molecular complexity index is 287. The SMILES string of the molecule is CCCN(CCC)C(=O)CCc1ccc[nH]1. The molecule has 1 amide bonds. The first-order chi connectivity index (χ1) is 7.77. The molecule has 0 bridgehead atoms. The molecule has 1 heterocycles. The summed E-state index contributed by atoms with van der Waals surface area (Å²) in [5, 5.41) is 0. The van der Waals surface area contributed by atoms with Gasteiger partial charge in [-0.05, 0) is 31.4 Å². The van der Waals surface area contributed by atoms with Crippen LogP contribution in [-0.2, 0) is 11.2 Å². The molecule has 1 aromatic rings. The molecule has 90 valence electrons. The lowest BCUT2D eigenvalue weighted by Crippen LogP contribution is -2.32. The van der Waals surface area contributed by atoms with Gasteiger partial charge in [-0.25, -0.2) is 0 Å². The third-order valence-electron chi connectivity index (χ3n) is 2.61. The van der Waals surface area contributed by atoms with Crippen molar-refractivity contribution < 1.29 is 4.79 Å². The van der Waals surface area contributed by atoms with Gasteiger partial charge in [-0.3, -0.25) is 4.79 Å². The maximum atomic E-state index is 11.9. The van der Waals surface area contributed by atoms with Crippen molar-refractivity contribution in [1.82, 2.24) is 9.88 Å². The number of hydrogen-bond donors (Lipinski definition) is 1. The fourth-order valence-corrected chi connectivity index (χ4v) is 1.82. The third kappa shape index (κ3) is 4.09. The minimum atomic E-state index is 0.276. The van der Waals surface area contributed by atoms with Crippen molar-refractivity contribution in [1.29, 1.82) is 0 Å². The van der Waals surface area contributed by atoms with E-state index < -0.39 is 0 Å². The topological polar surface area (TPSA) is 36.1 Å². The van der Waals surface area contributed by atoms with E-state index in [1.165, 1.54) is 0 Å². The Labute approximate surface area is 97.8 Å².